The number of hydrogen-bond donors (Lipinski definition) is 2. The van der Waals surface area contributed by atoms with Crippen molar-refractivity contribution in [3.63, 3.8) is 0 Å². The first-order valence-corrected chi connectivity index (χ1v) is 11.0. The van der Waals surface area contributed by atoms with Crippen molar-refractivity contribution in [1.82, 2.24) is 9.44 Å². The molecule has 1 aromatic rings. The molecule has 128 valence electrons. The zero-order valence-electron chi connectivity index (χ0n) is 12.9. The molecular formula is C15H22N2O4S2. The third-order valence-corrected chi connectivity index (χ3v) is 7.29. The van der Waals surface area contributed by atoms with E-state index in [1.165, 1.54) is 24.3 Å². The highest BCUT2D eigenvalue weighted by Gasteiger charge is 2.29. The van der Waals surface area contributed by atoms with E-state index in [2.05, 4.69) is 9.44 Å². The zero-order valence-corrected chi connectivity index (χ0v) is 14.5. The Balaban J connectivity index is 1.80. The van der Waals surface area contributed by atoms with Gasteiger partial charge in [-0.15, -0.1) is 0 Å². The summed E-state index contributed by atoms with van der Waals surface area (Å²) >= 11 is 0. The van der Waals surface area contributed by atoms with Crippen LogP contribution in [0.5, 0.6) is 0 Å². The fourth-order valence-corrected chi connectivity index (χ4v) is 5.58. The average molecular weight is 358 g/mol. The molecule has 6 nitrogen and oxygen atoms in total. The minimum Gasteiger partial charge on any atom is -0.208 e. The van der Waals surface area contributed by atoms with Crippen LogP contribution in [0.15, 0.2) is 34.1 Å². The first-order chi connectivity index (χ1) is 10.9. The molecule has 2 saturated carbocycles. The van der Waals surface area contributed by atoms with E-state index in [-0.39, 0.29) is 21.9 Å². The van der Waals surface area contributed by atoms with E-state index in [1.807, 2.05) is 0 Å². The first kappa shape index (κ1) is 16.9. The Labute approximate surface area is 137 Å². The maximum atomic E-state index is 12.5. The van der Waals surface area contributed by atoms with Crippen LogP contribution in [0.2, 0.25) is 0 Å². The molecule has 2 fully saturated rings. The summed E-state index contributed by atoms with van der Waals surface area (Å²) in [7, 11) is -7.35. The van der Waals surface area contributed by atoms with E-state index in [0.29, 0.717) is 0 Å². The summed E-state index contributed by atoms with van der Waals surface area (Å²) in [5.74, 6) is 0. The third kappa shape index (κ3) is 4.32. The fraction of sp³-hybridized carbons (Fsp3) is 0.600. The monoisotopic (exact) mass is 358 g/mol. The summed E-state index contributed by atoms with van der Waals surface area (Å²) in [6.45, 7) is 0. The van der Waals surface area contributed by atoms with Crippen LogP contribution in [0.3, 0.4) is 0 Å². The number of nitrogens with one attached hydrogen (secondary N) is 2. The standard InChI is InChI=1S/C15H22N2O4S2/c18-22(19,16-12-5-2-1-3-6-12)14-7-4-8-15(11-14)23(20,21)17-13-9-10-13/h4,7-8,11-13,16-17H,1-3,5-6,9-10H2. The van der Waals surface area contributed by atoms with Crippen molar-refractivity contribution >= 4 is 20.0 Å². The normalized spacial score (nSPS) is 20.5. The molecule has 2 aliphatic rings. The van der Waals surface area contributed by atoms with Gasteiger partial charge < -0.3 is 0 Å². The molecule has 0 saturated heterocycles. The average Bonchev–Trinajstić information content (AvgIpc) is 3.31. The van der Waals surface area contributed by atoms with Crippen LogP contribution in [0.25, 0.3) is 0 Å². The summed E-state index contributed by atoms with van der Waals surface area (Å²) < 4.78 is 54.7. The summed E-state index contributed by atoms with van der Waals surface area (Å²) in [5.41, 5.74) is 0. The molecule has 0 heterocycles. The van der Waals surface area contributed by atoms with Crippen LogP contribution in [0.4, 0.5) is 0 Å². The van der Waals surface area contributed by atoms with E-state index in [4.69, 9.17) is 0 Å². The van der Waals surface area contributed by atoms with Crippen molar-refractivity contribution in [1.29, 1.82) is 0 Å². The number of benzene rings is 1. The lowest BCUT2D eigenvalue weighted by atomic mass is 9.96. The minimum atomic E-state index is -3.70. The highest BCUT2D eigenvalue weighted by molar-refractivity contribution is 7.90. The van der Waals surface area contributed by atoms with Gasteiger partial charge in [-0.2, -0.15) is 0 Å². The molecule has 0 spiro atoms. The van der Waals surface area contributed by atoms with Crippen LogP contribution in [-0.2, 0) is 20.0 Å². The number of rotatable bonds is 6. The smallest absolute Gasteiger partial charge is 0.208 e. The topological polar surface area (TPSA) is 92.3 Å². The van der Waals surface area contributed by atoms with Gasteiger partial charge in [0.05, 0.1) is 9.79 Å². The predicted octanol–water partition coefficient (Wildman–Crippen LogP) is 1.74. The van der Waals surface area contributed by atoms with Crippen molar-refractivity contribution in [3.8, 4) is 0 Å². The van der Waals surface area contributed by atoms with Crippen LogP contribution in [0, 0.1) is 0 Å². The molecular weight excluding hydrogens is 336 g/mol. The van der Waals surface area contributed by atoms with Crippen LogP contribution in [-0.4, -0.2) is 28.9 Å². The molecule has 0 aliphatic heterocycles. The summed E-state index contributed by atoms with van der Waals surface area (Å²) in [4.78, 5) is -0.00216. The van der Waals surface area contributed by atoms with Crippen molar-refractivity contribution in [2.45, 2.75) is 66.8 Å². The van der Waals surface area contributed by atoms with E-state index in [0.717, 1.165) is 44.9 Å². The van der Waals surface area contributed by atoms with Crippen LogP contribution >= 0.6 is 0 Å². The lowest BCUT2D eigenvalue weighted by Crippen LogP contribution is -2.36. The summed E-state index contributed by atoms with van der Waals surface area (Å²) in [6, 6.07) is 5.48. The molecule has 2 aliphatic carbocycles. The highest BCUT2D eigenvalue weighted by atomic mass is 32.2. The van der Waals surface area contributed by atoms with E-state index in [1.54, 1.807) is 0 Å². The second-order valence-electron chi connectivity index (χ2n) is 6.33. The molecule has 0 bridgehead atoms. The van der Waals surface area contributed by atoms with Crippen molar-refractivity contribution in [2.75, 3.05) is 0 Å². The van der Waals surface area contributed by atoms with Crippen LogP contribution < -0.4 is 9.44 Å². The number of hydrogen-bond acceptors (Lipinski definition) is 4. The molecule has 0 unspecified atom stereocenters. The van der Waals surface area contributed by atoms with Gasteiger partial charge >= 0.3 is 0 Å². The van der Waals surface area contributed by atoms with Gasteiger partial charge in [-0.1, -0.05) is 25.3 Å². The van der Waals surface area contributed by atoms with Gasteiger partial charge in [-0.3, -0.25) is 0 Å². The van der Waals surface area contributed by atoms with Crippen molar-refractivity contribution in [3.05, 3.63) is 24.3 Å². The largest absolute Gasteiger partial charge is 0.240 e. The van der Waals surface area contributed by atoms with E-state index >= 15 is 0 Å². The fourth-order valence-electron chi connectivity index (χ4n) is 2.81. The predicted molar refractivity (Wildman–Crippen MR) is 87.0 cm³/mol. The summed E-state index contributed by atoms with van der Waals surface area (Å²) in [6.07, 6.45) is 6.51. The second-order valence-corrected chi connectivity index (χ2v) is 9.75. The first-order valence-electron chi connectivity index (χ1n) is 8.01. The van der Waals surface area contributed by atoms with Gasteiger partial charge in [0, 0.05) is 12.1 Å². The summed E-state index contributed by atoms with van der Waals surface area (Å²) in [5, 5.41) is 0. The molecule has 3 rings (SSSR count). The Hall–Kier alpha value is -0.960. The SMILES string of the molecule is O=S(=O)(NC1CCCCC1)c1cccc(S(=O)(=O)NC2CC2)c1. The second kappa shape index (κ2) is 6.51. The van der Waals surface area contributed by atoms with Gasteiger partial charge in [-0.25, -0.2) is 26.3 Å². The minimum absolute atomic E-state index is 0.00162. The Morgan fingerprint density at radius 2 is 1.22 bits per heavy atom. The molecule has 0 amide bonds. The Bertz CT molecular complexity index is 764. The molecule has 2 N–H and O–H groups in total. The quantitative estimate of drug-likeness (QED) is 0.810. The van der Waals surface area contributed by atoms with E-state index in [9.17, 15) is 16.8 Å². The highest BCUT2D eigenvalue weighted by Crippen LogP contribution is 2.24. The van der Waals surface area contributed by atoms with Gasteiger partial charge in [-0.05, 0) is 43.9 Å². The lowest BCUT2D eigenvalue weighted by Gasteiger charge is -2.22. The third-order valence-electron chi connectivity index (χ3n) is 4.25. The van der Waals surface area contributed by atoms with Gasteiger partial charge in [0.2, 0.25) is 20.0 Å². The van der Waals surface area contributed by atoms with Crippen molar-refractivity contribution in [2.24, 2.45) is 0 Å². The zero-order chi connectivity index (χ0) is 16.5. The van der Waals surface area contributed by atoms with E-state index < -0.39 is 20.0 Å². The van der Waals surface area contributed by atoms with Gasteiger partial charge in [0.25, 0.3) is 0 Å². The Morgan fingerprint density at radius 3 is 1.70 bits per heavy atom. The Morgan fingerprint density at radius 1 is 0.739 bits per heavy atom. The number of sulfonamides is 2. The maximum Gasteiger partial charge on any atom is 0.240 e. The molecule has 23 heavy (non-hydrogen) atoms. The van der Waals surface area contributed by atoms with Crippen molar-refractivity contribution < 1.29 is 16.8 Å². The molecule has 0 radical (unpaired) electrons. The van der Waals surface area contributed by atoms with Gasteiger partial charge in [0.15, 0.2) is 0 Å². The lowest BCUT2D eigenvalue weighted by molar-refractivity contribution is 0.412. The molecule has 1 aromatic carbocycles. The molecule has 8 heteroatoms. The molecule has 0 atom stereocenters. The maximum absolute atomic E-state index is 12.5. The van der Waals surface area contributed by atoms with Gasteiger partial charge in [0.1, 0.15) is 0 Å². The Kier molecular flexibility index (Phi) is 4.78. The van der Waals surface area contributed by atoms with Crippen LogP contribution in [0.1, 0.15) is 44.9 Å². The molecule has 0 aromatic heterocycles.